The van der Waals surface area contributed by atoms with E-state index >= 15 is 0 Å². The number of nitrogens with zero attached hydrogens (tertiary/aromatic N) is 3. The molecule has 0 radical (unpaired) electrons. The van der Waals surface area contributed by atoms with Gasteiger partial charge in [-0.1, -0.05) is 0 Å². The Kier molecular flexibility index (Phi) is 6.95. The van der Waals surface area contributed by atoms with Crippen LogP contribution in [0.25, 0.3) is 0 Å². The Balaban J connectivity index is 1.58. The first-order chi connectivity index (χ1) is 13.4. The van der Waals surface area contributed by atoms with E-state index in [1.807, 2.05) is 0 Å². The number of nitrogens with one attached hydrogen (secondary N) is 1. The van der Waals surface area contributed by atoms with Gasteiger partial charge in [-0.05, 0) is 64.8 Å². The molecule has 1 saturated heterocycles. The normalized spacial score (nSPS) is 14.9. The highest BCUT2D eigenvalue weighted by Gasteiger charge is 2.29. The number of halogens is 3. The maximum Gasteiger partial charge on any atom is 0.290 e. The third-order valence-corrected chi connectivity index (χ3v) is 5.53. The molecule has 148 valence electrons. The van der Waals surface area contributed by atoms with Crippen LogP contribution in [-0.2, 0) is 4.79 Å². The Morgan fingerprint density at radius 2 is 1.96 bits per heavy atom. The largest absolute Gasteiger partial charge is 0.339 e. The Bertz CT molecular complexity index is 846. The van der Waals surface area contributed by atoms with Gasteiger partial charge in [0, 0.05) is 35.9 Å². The van der Waals surface area contributed by atoms with Crippen molar-refractivity contribution >= 4 is 45.3 Å². The SMILES string of the molecule is O=C(Nc1ccc(Br)cn1)C1CCN(C(=O)c2cccnc2SC(F)F)CC1. The third kappa shape index (κ3) is 5.26. The molecule has 0 aliphatic carbocycles. The summed E-state index contributed by atoms with van der Waals surface area (Å²) in [6, 6.07) is 6.53. The first-order valence-electron chi connectivity index (χ1n) is 8.55. The smallest absolute Gasteiger partial charge is 0.290 e. The third-order valence-electron chi connectivity index (χ3n) is 4.33. The van der Waals surface area contributed by atoms with Gasteiger partial charge in [0.2, 0.25) is 5.91 Å². The molecule has 0 aromatic carbocycles. The van der Waals surface area contributed by atoms with Gasteiger partial charge < -0.3 is 10.2 Å². The van der Waals surface area contributed by atoms with E-state index in [1.54, 1.807) is 29.3 Å². The summed E-state index contributed by atoms with van der Waals surface area (Å²) < 4.78 is 26.2. The molecule has 0 unspecified atom stereocenters. The van der Waals surface area contributed by atoms with Crippen molar-refractivity contribution in [1.29, 1.82) is 0 Å². The molecule has 2 amide bonds. The highest BCUT2D eigenvalue weighted by molar-refractivity contribution is 9.10. The number of amides is 2. The summed E-state index contributed by atoms with van der Waals surface area (Å²) in [6.45, 7) is 0.747. The monoisotopic (exact) mass is 470 g/mol. The number of aromatic nitrogens is 2. The van der Waals surface area contributed by atoms with Gasteiger partial charge in [0.25, 0.3) is 11.7 Å². The molecule has 10 heteroatoms. The summed E-state index contributed by atoms with van der Waals surface area (Å²) in [5.74, 6) is -2.90. The van der Waals surface area contributed by atoms with E-state index in [-0.39, 0.29) is 40.1 Å². The van der Waals surface area contributed by atoms with Crippen molar-refractivity contribution in [3.63, 3.8) is 0 Å². The lowest BCUT2D eigenvalue weighted by Gasteiger charge is -2.31. The number of rotatable bonds is 5. The second-order valence-electron chi connectivity index (χ2n) is 6.15. The van der Waals surface area contributed by atoms with E-state index in [0.717, 1.165) is 4.47 Å². The summed E-state index contributed by atoms with van der Waals surface area (Å²) in [5.41, 5.74) is 0.162. The van der Waals surface area contributed by atoms with Gasteiger partial charge in [0.05, 0.1) is 5.56 Å². The van der Waals surface area contributed by atoms with E-state index in [9.17, 15) is 18.4 Å². The van der Waals surface area contributed by atoms with Crippen molar-refractivity contribution in [1.82, 2.24) is 14.9 Å². The average Bonchev–Trinajstić information content (AvgIpc) is 2.69. The topological polar surface area (TPSA) is 75.2 Å². The zero-order chi connectivity index (χ0) is 20.1. The molecule has 2 aromatic heterocycles. The quantitative estimate of drug-likeness (QED) is 0.667. The van der Waals surface area contributed by atoms with E-state index in [4.69, 9.17) is 0 Å². The number of pyridine rings is 2. The lowest BCUT2D eigenvalue weighted by molar-refractivity contribution is -0.121. The van der Waals surface area contributed by atoms with E-state index in [1.165, 1.54) is 12.3 Å². The molecule has 1 aliphatic rings. The predicted octanol–water partition coefficient (Wildman–Crippen LogP) is 4.04. The minimum Gasteiger partial charge on any atom is -0.339 e. The van der Waals surface area contributed by atoms with Crippen LogP contribution in [0.1, 0.15) is 23.2 Å². The maximum atomic E-state index is 12.7. The van der Waals surface area contributed by atoms with Gasteiger partial charge in [0.1, 0.15) is 10.8 Å². The molecule has 0 saturated carbocycles. The van der Waals surface area contributed by atoms with Gasteiger partial charge in [-0.3, -0.25) is 9.59 Å². The van der Waals surface area contributed by atoms with Crippen LogP contribution < -0.4 is 5.32 Å². The first-order valence-corrected chi connectivity index (χ1v) is 10.2. The molecule has 0 spiro atoms. The molecule has 0 bridgehead atoms. The lowest BCUT2D eigenvalue weighted by Crippen LogP contribution is -2.41. The molecule has 2 aromatic rings. The number of alkyl halides is 2. The summed E-state index contributed by atoms with van der Waals surface area (Å²) in [5, 5.41) is 2.79. The zero-order valence-electron chi connectivity index (χ0n) is 14.6. The second kappa shape index (κ2) is 9.42. The summed E-state index contributed by atoms with van der Waals surface area (Å²) in [6.07, 6.45) is 3.96. The van der Waals surface area contributed by atoms with Crippen LogP contribution in [-0.4, -0.2) is 45.5 Å². The maximum absolute atomic E-state index is 12.7. The zero-order valence-corrected chi connectivity index (χ0v) is 17.1. The summed E-state index contributed by atoms with van der Waals surface area (Å²) in [7, 11) is 0. The summed E-state index contributed by atoms with van der Waals surface area (Å²) in [4.78, 5) is 34.7. The molecule has 3 rings (SSSR count). The van der Waals surface area contributed by atoms with Crippen LogP contribution in [0.5, 0.6) is 0 Å². The lowest BCUT2D eigenvalue weighted by atomic mass is 9.95. The number of carbonyl (C=O) groups is 2. The van der Waals surface area contributed by atoms with Crippen molar-refractivity contribution in [3.8, 4) is 0 Å². The van der Waals surface area contributed by atoms with E-state index in [2.05, 4.69) is 31.2 Å². The fraction of sp³-hybridized carbons (Fsp3) is 0.333. The Morgan fingerprint density at radius 1 is 1.21 bits per heavy atom. The fourth-order valence-electron chi connectivity index (χ4n) is 2.93. The highest BCUT2D eigenvalue weighted by Crippen LogP contribution is 2.28. The van der Waals surface area contributed by atoms with Crippen LogP contribution >= 0.6 is 27.7 Å². The fourth-order valence-corrected chi connectivity index (χ4v) is 3.73. The second-order valence-corrected chi connectivity index (χ2v) is 8.05. The van der Waals surface area contributed by atoms with Crippen LogP contribution in [0.3, 0.4) is 0 Å². The number of hydrogen-bond acceptors (Lipinski definition) is 5. The van der Waals surface area contributed by atoms with Gasteiger partial charge >= 0.3 is 0 Å². The number of thioether (sulfide) groups is 1. The predicted molar refractivity (Wildman–Crippen MR) is 105 cm³/mol. The molecular weight excluding hydrogens is 454 g/mol. The Hall–Kier alpha value is -2.07. The number of likely N-dealkylation sites (tertiary alicyclic amines) is 1. The minimum atomic E-state index is -2.65. The molecule has 28 heavy (non-hydrogen) atoms. The number of piperidine rings is 1. The van der Waals surface area contributed by atoms with Crippen molar-refractivity contribution in [2.45, 2.75) is 23.6 Å². The molecule has 6 nitrogen and oxygen atoms in total. The van der Waals surface area contributed by atoms with Crippen molar-refractivity contribution in [3.05, 3.63) is 46.7 Å². The van der Waals surface area contributed by atoms with Crippen LogP contribution in [0.15, 0.2) is 46.2 Å². The van der Waals surface area contributed by atoms with E-state index in [0.29, 0.717) is 31.7 Å². The van der Waals surface area contributed by atoms with E-state index < -0.39 is 5.76 Å². The van der Waals surface area contributed by atoms with Crippen molar-refractivity contribution in [2.75, 3.05) is 18.4 Å². The molecule has 1 aliphatic heterocycles. The Labute approximate surface area is 173 Å². The van der Waals surface area contributed by atoms with Crippen LogP contribution in [0.2, 0.25) is 0 Å². The minimum absolute atomic E-state index is 0.0173. The van der Waals surface area contributed by atoms with Gasteiger partial charge in [-0.25, -0.2) is 9.97 Å². The molecule has 1 N–H and O–H groups in total. The standard InChI is InChI=1S/C18H17BrF2N4O2S/c19-12-3-4-14(23-10-12)24-15(26)11-5-8-25(9-6-11)17(27)13-2-1-7-22-16(13)28-18(20)21/h1-4,7,10-11,18H,5-6,8-9H2,(H,23,24,26). The molecule has 1 fully saturated rings. The van der Waals surface area contributed by atoms with Crippen molar-refractivity contribution in [2.24, 2.45) is 5.92 Å². The highest BCUT2D eigenvalue weighted by atomic mass is 79.9. The number of carbonyl (C=O) groups excluding carboxylic acids is 2. The van der Waals surface area contributed by atoms with Crippen molar-refractivity contribution < 1.29 is 18.4 Å². The first kappa shape index (κ1) is 20.7. The average molecular weight is 471 g/mol. The van der Waals surface area contributed by atoms with Crippen LogP contribution in [0.4, 0.5) is 14.6 Å². The molecular formula is C18H17BrF2N4O2S. The molecule has 0 atom stereocenters. The van der Waals surface area contributed by atoms with Gasteiger partial charge in [0.15, 0.2) is 0 Å². The number of hydrogen-bond donors (Lipinski definition) is 1. The Morgan fingerprint density at radius 3 is 2.61 bits per heavy atom. The van der Waals surface area contributed by atoms with Crippen LogP contribution in [0, 0.1) is 5.92 Å². The van der Waals surface area contributed by atoms with Gasteiger partial charge in [-0.15, -0.1) is 0 Å². The van der Waals surface area contributed by atoms with Gasteiger partial charge in [-0.2, -0.15) is 8.78 Å². The summed E-state index contributed by atoms with van der Waals surface area (Å²) >= 11 is 3.54. The number of anilines is 1. The molecule has 3 heterocycles.